The lowest BCUT2D eigenvalue weighted by molar-refractivity contribution is -0.141. The van der Waals surface area contributed by atoms with E-state index in [9.17, 15) is 9.90 Å². The van der Waals surface area contributed by atoms with Crippen molar-refractivity contribution in [2.24, 2.45) is 11.8 Å². The first-order chi connectivity index (χ1) is 5.72. The van der Waals surface area contributed by atoms with Crippen molar-refractivity contribution < 1.29 is 19.7 Å². The minimum atomic E-state index is -0.502. The summed E-state index contributed by atoms with van der Waals surface area (Å²) in [7, 11) is 0. The second-order valence-corrected chi connectivity index (χ2v) is 3.55. The van der Waals surface area contributed by atoms with Crippen LogP contribution in [-0.2, 0) is 9.53 Å². The van der Waals surface area contributed by atoms with Crippen LogP contribution in [0.1, 0.15) is 12.8 Å². The number of hydrogen-bond donors (Lipinski definition) is 2. The third-order valence-corrected chi connectivity index (χ3v) is 2.89. The Balaban J connectivity index is 2.11. The van der Waals surface area contributed by atoms with Crippen LogP contribution < -0.4 is 0 Å². The number of aliphatic hydroxyl groups excluding tert-OH is 2. The number of aliphatic hydroxyl groups is 2. The molecule has 2 rings (SSSR count). The summed E-state index contributed by atoms with van der Waals surface area (Å²) in [6.07, 6.45) is 0.192. The first-order valence-electron chi connectivity index (χ1n) is 4.20. The topological polar surface area (TPSA) is 66.8 Å². The molecule has 4 nitrogen and oxygen atoms in total. The smallest absolute Gasteiger partial charge is 0.306 e. The van der Waals surface area contributed by atoms with Gasteiger partial charge in [0.25, 0.3) is 0 Å². The number of esters is 1. The van der Waals surface area contributed by atoms with E-state index in [2.05, 4.69) is 0 Å². The highest BCUT2D eigenvalue weighted by atomic mass is 16.6. The molecule has 2 N–H and O–H groups in total. The summed E-state index contributed by atoms with van der Waals surface area (Å²) >= 11 is 0. The molecule has 0 radical (unpaired) electrons. The normalized spacial score (nSPS) is 46.0. The van der Waals surface area contributed by atoms with Gasteiger partial charge in [0.2, 0.25) is 0 Å². The van der Waals surface area contributed by atoms with Crippen LogP contribution in [0.2, 0.25) is 0 Å². The van der Waals surface area contributed by atoms with Crippen molar-refractivity contribution in [2.45, 2.75) is 25.0 Å². The van der Waals surface area contributed by atoms with E-state index >= 15 is 0 Å². The monoisotopic (exact) mass is 172 g/mol. The summed E-state index contributed by atoms with van der Waals surface area (Å²) in [5, 5.41) is 18.4. The first-order valence-corrected chi connectivity index (χ1v) is 4.20. The zero-order valence-corrected chi connectivity index (χ0v) is 6.64. The standard InChI is InChI=1S/C8H12O4/c9-3-5-4-1-8(11)12-7(4)2-6(5)10/h4-7,9-10H,1-3H2/t4-,5+,6-,7-/m0/s1. The molecule has 0 bridgehead atoms. The van der Waals surface area contributed by atoms with Gasteiger partial charge in [-0.25, -0.2) is 0 Å². The van der Waals surface area contributed by atoms with Gasteiger partial charge >= 0.3 is 5.97 Å². The van der Waals surface area contributed by atoms with E-state index in [0.717, 1.165) is 0 Å². The first kappa shape index (κ1) is 8.01. The SMILES string of the molecule is O=C1C[C@H]2[C@@H](CO)[C@@H](O)C[C@@H]2O1. The van der Waals surface area contributed by atoms with Crippen LogP contribution in [0.3, 0.4) is 0 Å². The highest BCUT2D eigenvalue weighted by Crippen LogP contribution is 2.40. The van der Waals surface area contributed by atoms with E-state index in [-0.39, 0.29) is 30.5 Å². The summed E-state index contributed by atoms with van der Waals surface area (Å²) in [6.45, 7) is -0.0566. The average molecular weight is 172 g/mol. The molecular formula is C8H12O4. The Labute approximate surface area is 70.1 Å². The Bertz CT molecular complexity index is 203. The lowest BCUT2D eigenvalue weighted by Crippen LogP contribution is -2.23. The quantitative estimate of drug-likeness (QED) is 0.513. The molecule has 68 valence electrons. The predicted molar refractivity (Wildman–Crippen MR) is 39.2 cm³/mol. The minimum Gasteiger partial charge on any atom is -0.462 e. The second-order valence-electron chi connectivity index (χ2n) is 3.55. The van der Waals surface area contributed by atoms with Crippen molar-refractivity contribution >= 4 is 5.97 Å². The van der Waals surface area contributed by atoms with E-state index in [1.54, 1.807) is 0 Å². The molecule has 4 heteroatoms. The van der Waals surface area contributed by atoms with E-state index in [0.29, 0.717) is 12.8 Å². The molecule has 0 aromatic carbocycles. The van der Waals surface area contributed by atoms with Gasteiger partial charge in [0.1, 0.15) is 6.10 Å². The molecule has 0 spiro atoms. The molecule has 1 aliphatic carbocycles. The van der Waals surface area contributed by atoms with Crippen molar-refractivity contribution in [3.63, 3.8) is 0 Å². The molecule has 4 atom stereocenters. The fourth-order valence-electron chi connectivity index (χ4n) is 2.23. The number of carbonyl (C=O) groups excluding carboxylic acids is 1. The van der Waals surface area contributed by atoms with Crippen LogP contribution in [0.25, 0.3) is 0 Å². The van der Waals surface area contributed by atoms with Crippen molar-refractivity contribution in [3.8, 4) is 0 Å². The Morgan fingerprint density at radius 3 is 3.00 bits per heavy atom. The van der Waals surface area contributed by atoms with Crippen LogP contribution >= 0.6 is 0 Å². The number of fused-ring (bicyclic) bond motifs is 1. The largest absolute Gasteiger partial charge is 0.462 e. The van der Waals surface area contributed by atoms with Crippen LogP contribution in [-0.4, -0.2) is 35.0 Å². The predicted octanol–water partition coefficient (Wildman–Crippen LogP) is -0.709. The van der Waals surface area contributed by atoms with Gasteiger partial charge in [-0.05, 0) is 0 Å². The number of carbonyl (C=O) groups is 1. The van der Waals surface area contributed by atoms with Crippen LogP contribution in [0.5, 0.6) is 0 Å². The molecule has 2 fully saturated rings. The number of hydrogen-bond acceptors (Lipinski definition) is 4. The summed E-state index contributed by atoms with van der Waals surface area (Å²) in [5.41, 5.74) is 0. The Morgan fingerprint density at radius 2 is 2.33 bits per heavy atom. The molecule has 1 aliphatic heterocycles. The van der Waals surface area contributed by atoms with Gasteiger partial charge in [-0.2, -0.15) is 0 Å². The average Bonchev–Trinajstić information content (AvgIpc) is 2.43. The van der Waals surface area contributed by atoms with E-state index < -0.39 is 6.10 Å². The zero-order valence-electron chi connectivity index (χ0n) is 6.64. The molecule has 0 aromatic heterocycles. The van der Waals surface area contributed by atoms with Gasteiger partial charge in [0.05, 0.1) is 12.5 Å². The summed E-state index contributed by atoms with van der Waals surface area (Å²) < 4.78 is 4.98. The Kier molecular flexibility index (Phi) is 1.81. The summed E-state index contributed by atoms with van der Waals surface area (Å²) in [5.74, 6) is -0.325. The molecule has 1 saturated carbocycles. The molecule has 1 heterocycles. The van der Waals surface area contributed by atoms with Gasteiger partial charge < -0.3 is 14.9 Å². The highest BCUT2D eigenvalue weighted by Gasteiger charge is 2.49. The minimum absolute atomic E-state index is 0.0394. The third-order valence-electron chi connectivity index (χ3n) is 2.89. The third kappa shape index (κ3) is 1.03. The van der Waals surface area contributed by atoms with Crippen molar-refractivity contribution in [3.05, 3.63) is 0 Å². The number of ether oxygens (including phenoxy) is 1. The molecule has 0 aromatic rings. The van der Waals surface area contributed by atoms with Crippen LogP contribution in [0.4, 0.5) is 0 Å². The molecule has 0 amide bonds. The van der Waals surface area contributed by atoms with Gasteiger partial charge in [-0.1, -0.05) is 0 Å². The van der Waals surface area contributed by atoms with Crippen LogP contribution in [0, 0.1) is 11.8 Å². The molecule has 12 heavy (non-hydrogen) atoms. The maximum atomic E-state index is 10.8. The molecule has 1 saturated heterocycles. The van der Waals surface area contributed by atoms with Gasteiger partial charge in [0.15, 0.2) is 0 Å². The van der Waals surface area contributed by atoms with Gasteiger partial charge in [0, 0.05) is 24.9 Å². The second kappa shape index (κ2) is 2.71. The lowest BCUT2D eigenvalue weighted by Gasteiger charge is -2.14. The highest BCUT2D eigenvalue weighted by molar-refractivity contribution is 5.72. The van der Waals surface area contributed by atoms with E-state index in [1.165, 1.54) is 0 Å². The van der Waals surface area contributed by atoms with Crippen LogP contribution in [0.15, 0.2) is 0 Å². The zero-order chi connectivity index (χ0) is 8.72. The Morgan fingerprint density at radius 1 is 1.58 bits per heavy atom. The summed E-state index contributed by atoms with van der Waals surface area (Å²) in [4.78, 5) is 10.8. The van der Waals surface area contributed by atoms with Gasteiger partial charge in [-0.15, -0.1) is 0 Å². The maximum absolute atomic E-state index is 10.8. The Hall–Kier alpha value is -0.610. The maximum Gasteiger partial charge on any atom is 0.306 e. The van der Waals surface area contributed by atoms with Gasteiger partial charge in [-0.3, -0.25) is 4.79 Å². The fourth-order valence-corrected chi connectivity index (χ4v) is 2.23. The molecule has 0 unspecified atom stereocenters. The molecular weight excluding hydrogens is 160 g/mol. The van der Waals surface area contributed by atoms with Crippen molar-refractivity contribution in [2.75, 3.05) is 6.61 Å². The van der Waals surface area contributed by atoms with E-state index in [1.807, 2.05) is 0 Å². The lowest BCUT2D eigenvalue weighted by atomic mass is 9.93. The fraction of sp³-hybridized carbons (Fsp3) is 0.875. The van der Waals surface area contributed by atoms with Crippen molar-refractivity contribution in [1.29, 1.82) is 0 Å². The van der Waals surface area contributed by atoms with E-state index in [4.69, 9.17) is 9.84 Å². The molecule has 2 aliphatic rings. The van der Waals surface area contributed by atoms with Crippen molar-refractivity contribution in [1.82, 2.24) is 0 Å². The summed E-state index contributed by atoms with van der Waals surface area (Å²) in [6, 6.07) is 0. The number of rotatable bonds is 1.